The number of aromatic nitrogens is 1. The lowest BCUT2D eigenvalue weighted by Crippen LogP contribution is -2.31. The number of oxazole rings is 1. The van der Waals surface area contributed by atoms with Crippen LogP contribution in [0.2, 0.25) is 0 Å². The van der Waals surface area contributed by atoms with Crippen molar-refractivity contribution in [3.63, 3.8) is 0 Å². The first-order valence-electron chi connectivity index (χ1n) is 6.53. The van der Waals surface area contributed by atoms with Crippen molar-refractivity contribution in [2.75, 3.05) is 12.9 Å². The lowest BCUT2D eigenvalue weighted by atomic mass is 10.2. The van der Waals surface area contributed by atoms with E-state index in [9.17, 15) is 4.79 Å². The van der Waals surface area contributed by atoms with Gasteiger partial charge in [-0.3, -0.25) is 4.79 Å². The number of ether oxygens (including phenoxy) is 1. The molecule has 0 aliphatic rings. The van der Waals surface area contributed by atoms with Gasteiger partial charge in [-0.2, -0.15) is 11.8 Å². The van der Waals surface area contributed by atoms with Crippen LogP contribution >= 0.6 is 23.1 Å². The first-order valence-corrected chi connectivity index (χ1v) is 8.56. The Morgan fingerprint density at radius 3 is 3.10 bits per heavy atom. The molecule has 21 heavy (non-hydrogen) atoms. The van der Waals surface area contributed by atoms with Gasteiger partial charge in [0.1, 0.15) is 11.8 Å². The third-order valence-corrected chi connectivity index (χ3v) is 4.80. The Morgan fingerprint density at radius 1 is 1.62 bits per heavy atom. The number of thioether (sulfide) groups is 1. The zero-order chi connectivity index (χ0) is 15.2. The predicted octanol–water partition coefficient (Wildman–Crippen LogP) is 2.84. The molecule has 7 heteroatoms. The van der Waals surface area contributed by atoms with Gasteiger partial charge in [0.05, 0.1) is 17.7 Å². The number of nitrogens with two attached hydrogens (primary N) is 1. The van der Waals surface area contributed by atoms with Gasteiger partial charge in [-0.15, -0.1) is 11.3 Å². The highest BCUT2D eigenvalue weighted by atomic mass is 32.2. The number of thiophene rings is 1. The molecule has 0 aromatic carbocycles. The van der Waals surface area contributed by atoms with Crippen LogP contribution in [0.5, 0.6) is 0 Å². The van der Waals surface area contributed by atoms with Crippen molar-refractivity contribution >= 4 is 29.1 Å². The summed E-state index contributed by atoms with van der Waals surface area (Å²) in [5.74, 6) is 2.66. The molecule has 0 fully saturated rings. The minimum absolute atomic E-state index is 0.367. The molecule has 1 unspecified atom stereocenters. The number of rotatable bonds is 7. The highest BCUT2D eigenvalue weighted by molar-refractivity contribution is 7.98. The molecule has 1 atom stereocenters. The molecule has 0 aliphatic carbocycles. The van der Waals surface area contributed by atoms with E-state index >= 15 is 0 Å². The molecule has 0 amide bonds. The van der Waals surface area contributed by atoms with Crippen LogP contribution in [0.1, 0.15) is 17.9 Å². The molecule has 114 valence electrons. The molecule has 5 nitrogen and oxygen atoms in total. The molecule has 2 aromatic rings. The fraction of sp³-hybridized carbons (Fsp3) is 0.429. The van der Waals surface area contributed by atoms with Crippen molar-refractivity contribution in [1.82, 2.24) is 4.98 Å². The van der Waals surface area contributed by atoms with Crippen LogP contribution in [0.3, 0.4) is 0 Å². The predicted molar refractivity (Wildman–Crippen MR) is 85.3 cm³/mol. The van der Waals surface area contributed by atoms with E-state index in [1.165, 1.54) is 7.11 Å². The van der Waals surface area contributed by atoms with Crippen LogP contribution in [0, 0.1) is 6.92 Å². The van der Waals surface area contributed by atoms with Crippen LogP contribution in [0.25, 0.3) is 10.8 Å². The van der Waals surface area contributed by atoms with E-state index < -0.39 is 6.04 Å². The molecule has 2 heterocycles. The zero-order valence-corrected chi connectivity index (χ0v) is 13.6. The average molecular weight is 326 g/mol. The number of methoxy groups -OCH3 is 1. The highest BCUT2D eigenvalue weighted by Gasteiger charge is 2.14. The summed E-state index contributed by atoms with van der Waals surface area (Å²) in [6.45, 7) is 1.92. The largest absolute Gasteiger partial charge is 0.468 e. The Bertz CT molecular complexity index is 581. The van der Waals surface area contributed by atoms with Crippen molar-refractivity contribution in [1.29, 1.82) is 0 Å². The number of esters is 1. The summed E-state index contributed by atoms with van der Waals surface area (Å²) in [6.07, 6.45) is 0.589. The maximum Gasteiger partial charge on any atom is 0.322 e. The average Bonchev–Trinajstić information content (AvgIpc) is 3.12. The van der Waals surface area contributed by atoms with Gasteiger partial charge in [-0.25, -0.2) is 4.98 Å². The van der Waals surface area contributed by atoms with Gasteiger partial charge in [-0.1, -0.05) is 6.07 Å². The molecule has 0 saturated carbocycles. The van der Waals surface area contributed by atoms with Crippen molar-refractivity contribution in [2.45, 2.75) is 25.1 Å². The van der Waals surface area contributed by atoms with Crippen LogP contribution in [0.4, 0.5) is 0 Å². The van der Waals surface area contributed by atoms with E-state index in [2.05, 4.69) is 9.72 Å². The summed E-state index contributed by atoms with van der Waals surface area (Å²) < 4.78 is 10.3. The fourth-order valence-electron chi connectivity index (χ4n) is 1.72. The number of hydrogen-bond acceptors (Lipinski definition) is 7. The minimum Gasteiger partial charge on any atom is -0.468 e. The van der Waals surface area contributed by atoms with Gasteiger partial charge in [0, 0.05) is 5.75 Å². The first-order chi connectivity index (χ1) is 10.1. The Hall–Kier alpha value is -1.31. The molecule has 0 aliphatic heterocycles. The van der Waals surface area contributed by atoms with Crippen molar-refractivity contribution in [2.24, 2.45) is 5.73 Å². The molecule has 2 aromatic heterocycles. The van der Waals surface area contributed by atoms with Crippen molar-refractivity contribution in [3.8, 4) is 10.8 Å². The second-order valence-corrected chi connectivity index (χ2v) is 6.52. The number of aryl methyl sites for hydroxylation is 1. The van der Waals surface area contributed by atoms with E-state index in [-0.39, 0.29) is 5.97 Å². The summed E-state index contributed by atoms with van der Waals surface area (Å²) in [7, 11) is 1.35. The quantitative estimate of drug-likeness (QED) is 0.622. The molecule has 0 spiro atoms. The molecule has 2 N–H and O–H groups in total. The summed E-state index contributed by atoms with van der Waals surface area (Å²) in [5.41, 5.74) is 6.62. The second-order valence-electron chi connectivity index (χ2n) is 4.47. The standard InChI is InChI=1S/C14H18N2O3S2/c1-9-11(8-20-7-5-10(15)14(17)18-2)16-13(19-9)12-4-3-6-21-12/h3-4,6,10H,5,7-8,15H2,1-2H3. The summed E-state index contributed by atoms with van der Waals surface area (Å²) >= 11 is 3.29. The lowest BCUT2D eigenvalue weighted by Gasteiger charge is -2.07. The van der Waals surface area contributed by atoms with Crippen LogP contribution in [-0.2, 0) is 15.3 Å². The van der Waals surface area contributed by atoms with Gasteiger partial charge >= 0.3 is 5.97 Å². The Labute approximate surface area is 131 Å². The molecular formula is C14H18N2O3S2. The van der Waals surface area contributed by atoms with Crippen molar-refractivity contribution in [3.05, 3.63) is 29.0 Å². The highest BCUT2D eigenvalue weighted by Crippen LogP contribution is 2.27. The summed E-state index contributed by atoms with van der Waals surface area (Å²) in [6, 6.07) is 3.41. The van der Waals surface area contributed by atoms with E-state index in [1.54, 1.807) is 23.1 Å². The smallest absolute Gasteiger partial charge is 0.322 e. The third-order valence-electron chi connectivity index (χ3n) is 2.94. The summed E-state index contributed by atoms with van der Waals surface area (Å²) in [5, 5.41) is 2.00. The van der Waals surface area contributed by atoms with E-state index in [0.29, 0.717) is 12.3 Å². The van der Waals surface area contributed by atoms with Crippen LogP contribution in [0.15, 0.2) is 21.9 Å². The monoisotopic (exact) mass is 326 g/mol. The van der Waals surface area contributed by atoms with Gasteiger partial charge in [0.2, 0.25) is 5.89 Å². The normalized spacial score (nSPS) is 12.3. The minimum atomic E-state index is -0.553. The Balaban J connectivity index is 1.83. The lowest BCUT2D eigenvalue weighted by molar-refractivity contribution is -0.142. The van der Waals surface area contributed by atoms with E-state index in [4.69, 9.17) is 10.2 Å². The maximum absolute atomic E-state index is 11.2. The molecule has 0 saturated heterocycles. The molecule has 0 radical (unpaired) electrons. The van der Waals surface area contributed by atoms with Crippen LogP contribution < -0.4 is 5.73 Å². The Kier molecular flexibility index (Phi) is 5.84. The topological polar surface area (TPSA) is 78.4 Å². The van der Waals surface area contributed by atoms with Gasteiger partial charge in [-0.05, 0) is 30.5 Å². The molecule has 2 rings (SSSR count). The summed E-state index contributed by atoms with van der Waals surface area (Å²) in [4.78, 5) is 16.7. The van der Waals surface area contributed by atoms with Crippen molar-refractivity contribution < 1.29 is 13.9 Å². The van der Waals surface area contributed by atoms with Crippen LogP contribution in [-0.4, -0.2) is 29.9 Å². The maximum atomic E-state index is 11.2. The fourth-order valence-corrected chi connectivity index (χ4v) is 3.39. The zero-order valence-electron chi connectivity index (χ0n) is 12.0. The van der Waals surface area contributed by atoms with E-state index in [1.807, 2.05) is 24.4 Å². The third kappa shape index (κ3) is 4.33. The van der Waals surface area contributed by atoms with Gasteiger partial charge < -0.3 is 14.9 Å². The first kappa shape index (κ1) is 16.1. The molecular weight excluding hydrogens is 308 g/mol. The number of carbonyl (C=O) groups is 1. The van der Waals surface area contributed by atoms with Gasteiger partial charge in [0.25, 0.3) is 0 Å². The Morgan fingerprint density at radius 2 is 2.43 bits per heavy atom. The van der Waals surface area contributed by atoms with E-state index in [0.717, 1.165) is 27.8 Å². The number of nitrogens with zero attached hydrogens (tertiary/aromatic N) is 1. The number of hydrogen-bond donors (Lipinski definition) is 1. The molecule has 0 bridgehead atoms. The second kappa shape index (κ2) is 7.63. The van der Waals surface area contributed by atoms with Gasteiger partial charge in [0.15, 0.2) is 0 Å². The SMILES string of the molecule is COC(=O)C(N)CCSCc1nc(-c2cccs2)oc1C. The number of carbonyl (C=O) groups excluding carboxylic acids is 1.